The third kappa shape index (κ3) is 2.11. The largest absolute Gasteiger partial charge is 0.321 e. The lowest BCUT2D eigenvalue weighted by molar-refractivity contribution is 0.205. The summed E-state index contributed by atoms with van der Waals surface area (Å²) in [4.78, 5) is 4.27. The van der Waals surface area contributed by atoms with Crippen molar-refractivity contribution in [1.82, 2.24) is 4.98 Å². The second-order valence-electron chi connectivity index (χ2n) is 6.04. The Morgan fingerprint density at radius 3 is 2.82 bits per heavy atom. The van der Waals surface area contributed by atoms with E-state index in [4.69, 9.17) is 5.73 Å². The molecule has 2 N–H and O–H groups in total. The summed E-state index contributed by atoms with van der Waals surface area (Å²) in [5.41, 5.74) is 9.18. The molecular formula is C15H22N2. The second-order valence-corrected chi connectivity index (χ2v) is 6.04. The average molecular weight is 230 g/mol. The summed E-state index contributed by atoms with van der Waals surface area (Å²) >= 11 is 0. The van der Waals surface area contributed by atoms with Gasteiger partial charge in [-0.1, -0.05) is 12.8 Å². The fourth-order valence-electron chi connectivity index (χ4n) is 3.55. The van der Waals surface area contributed by atoms with Crippen molar-refractivity contribution in [3.05, 3.63) is 29.6 Å². The lowest BCUT2D eigenvalue weighted by Gasteiger charge is -2.39. The average Bonchev–Trinajstić information content (AvgIpc) is 3.13. The minimum atomic E-state index is -0.107. The van der Waals surface area contributed by atoms with E-state index in [1.54, 1.807) is 0 Å². The Bertz CT molecular complexity index is 411. The van der Waals surface area contributed by atoms with Gasteiger partial charge in [-0.3, -0.25) is 4.98 Å². The summed E-state index contributed by atoms with van der Waals surface area (Å²) in [6.45, 7) is 2.16. The molecule has 3 rings (SSSR count). The van der Waals surface area contributed by atoms with Gasteiger partial charge in [0.1, 0.15) is 0 Å². The van der Waals surface area contributed by atoms with Gasteiger partial charge in [-0.15, -0.1) is 0 Å². The molecule has 2 heteroatoms. The SMILES string of the molecule is Cc1ccncc1C1(N)CCCC(C2CC2)C1. The van der Waals surface area contributed by atoms with E-state index in [0.29, 0.717) is 0 Å². The molecule has 1 aromatic rings. The van der Waals surface area contributed by atoms with Crippen LogP contribution < -0.4 is 5.73 Å². The first-order valence-electron chi connectivity index (χ1n) is 6.89. The summed E-state index contributed by atoms with van der Waals surface area (Å²) in [6.07, 6.45) is 11.7. The summed E-state index contributed by atoms with van der Waals surface area (Å²) < 4.78 is 0. The summed E-state index contributed by atoms with van der Waals surface area (Å²) in [6, 6.07) is 2.09. The third-order valence-electron chi connectivity index (χ3n) is 4.69. The maximum Gasteiger partial charge on any atom is 0.0430 e. The van der Waals surface area contributed by atoms with E-state index in [2.05, 4.69) is 18.0 Å². The van der Waals surface area contributed by atoms with Crippen molar-refractivity contribution >= 4 is 0 Å². The van der Waals surface area contributed by atoms with Gasteiger partial charge in [-0.05, 0) is 61.6 Å². The minimum Gasteiger partial charge on any atom is -0.321 e. The van der Waals surface area contributed by atoms with Crippen molar-refractivity contribution in [3.8, 4) is 0 Å². The molecule has 2 aliphatic rings. The van der Waals surface area contributed by atoms with Crippen molar-refractivity contribution in [3.63, 3.8) is 0 Å². The molecule has 2 atom stereocenters. The van der Waals surface area contributed by atoms with E-state index in [1.165, 1.54) is 43.2 Å². The predicted molar refractivity (Wildman–Crippen MR) is 69.5 cm³/mol. The molecule has 2 saturated carbocycles. The fraction of sp³-hybridized carbons (Fsp3) is 0.667. The fourth-order valence-corrected chi connectivity index (χ4v) is 3.55. The highest BCUT2D eigenvalue weighted by atomic mass is 14.8. The summed E-state index contributed by atoms with van der Waals surface area (Å²) in [5, 5.41) is 0. The first-order chi connectivity index (χ1) is 8.19. The van der Waals surface area contributed by atoms with Crippen LogP contribution in [0.1, 0.15) is 49.7 Å². The molecule has 0 spiro atoms. The lowest BCUT2D eigenvalue weighted by atomic mass is 9.70. The number of hydrogen-bond donors (Lipinski definition) is 1. The molecule has 0 aromatic carbocycles. The zero-order valence-electron chi connectivity index (χ0n) is 10.7. The van der Waals surface area contributed by atoms with Crippen LogP contribution >= 0.6 is 0 Å². The molecule has 2 nitrogen and oxygen atoms in total. The molecule has 2 fully saturated rings. The molecule has 1 heterocycles. The second kappa shape index (κ2) is 4.09. The van der Waals surface area contributed by atoms with Crippen molar-refractivity contribution < 1.29 is 0 Å². The standard InChI is InChI=1S/C15H22N2/c1-11-6-8-17-10-14(11)15(16)7-2-3-13(9-15)12-4-5-12/h6,8,10,12-13H,2-5,7,9,16H2,1H3. The number of aryl methyl sites for hydroxylation is 1. The Kier molecular flexibility index (Phi) is 2.70. The van der Waals surface area contributed by atoms with Crippen molar-refractivity contribution in [2.24, 2.45) is 17.6 Å². The van der Waals surface area contributed by atoms with E-state index in [9.17, 15) is 0 Å². The van der Waals surface area contributed by atoms with E-state index in [-0.39, 0.29) is 5.54 Å². The zero-order chi connectivity index (χ0) is 11.9. The quantitative estimate of drug-likeness (QED) is 0.847. The predicted octanol–water partition coefficient (Wildman–Crippen LogP) is 3.14. The molecule has 2 unspecified atom stereocenters. The summed E-state index contributed by atoms with van der Waals surface area (Å²) in [7, 11) is 0. The number of rotatable bonds is 2. The van der Waals surface area contributed by atoms with E-state index in [0.717, 1.165) is 18.3 Å². The Hall–Kier alpha value is -0.890. The molecule has 17 heavy (non-hydrogen) atoms. The Labute approximate surface area is 104 Å². The van der Waals surface area contributed by atoms with Crippen LogP contribution in [0.3, 0.4) is 0 Å². The van der Waals surface area contributed by atoms with E-state index < -0.39 is 0 Å². The van der Waals surface area contributed by atoms with Crippen molar-refractivity contribution in [1.29, 1.82) is 0 Å². The van der Waals surface area contributed by atoms with Gasteiger partial charge in [0.05, 0.1) is 0 Å². The molecule has 0 aliphatic heterocycles. The van der Waals surface area contributed by atoms with Gasteiger partial charge in [0.25, 0.3) is 0 Å². The van der Waals surface area contributed by atoms with E-state index >= 15 is 0 Å². The zero-order valence-corrected chi connectivity index (χ0v) is 10.7. The molecule has 0 saturated heterocycles. The molecule has 92 valence electrons. The number of hydrogen-bond acceptors (Lipinski definition) is 2. The van der Waals surface area contributed by atoms with Crippen LogP contribution in [-0.4, -0.2) is 4.98 Å². The van der Waals surface area contributed by atoms with Crippen molar-refractivity contribution in [2.45, 2.75) is 51.0 Å². The van der Waals surface area contributed by atoms with Crippen LogP contribution in [0.4, 0.5) is 0 Å². The van der Waals surface area contributed by atoms with Gasteiger partial charge >= 0.3 is 0 Å². The Morgan fingerprint density at radius 2 is 2.12 bits per heavy atom. The van der Waals surface area contributed by atoms with Gasteiger partial charge in [0.2, 0.25) is 0 Å². The van der Waals surface area contributed by atoms with Gasteiger partial charge in [-0.25, -0.2) is 0 Å². The molecule has 0 amide bonds. The van der Waals surface area contributed by atoms with Gasteiger partial charge < -0.3 is 5.73 Å². The van der Waals surface area contributed by atoms with Crippen molar-refractivity contribution in [2.75, 3.05) is 0 Å². The van der Waals surface area contributed by atoms with Crippen LogP contribution in [0.2, 0.25) is 0 Å². The van der Waals surface area contributed by atoms with Gasteiger partial charge in [0, 0.05) is 17.9 Å². The van der Waals surface area contributed by atoms with Gasteiger partial charge in [-0.2, -0.15) is 0 Å². The number of nitrogens with zero attached hydrogens (tertiary/aromatic N) is 1. The highest BCUT2D eigenvalue weighted by Crippen LogP contribution is 2.48. The van der Waals surface area contributed by atoms with E-state index in [1.807, 2.05) is 12.4 Å². The first kappa shape index (κ1) is 11.2. The highest BCUT2D eigenvalue weighted by molar-refractivity contribution is 5.30. The lowest BCUT2D eigenvalue weighted by Crippen LogP contribution is -2.42. The third-order valence-corrected chi connectivity index (χ3v) is 4.69. The highest BCUT2D eigenvalue weighted by Gasteiger charge is 2.41. The molecule has 0 bridgehead atoms. The maximum atomic E-state index is 6.70. The normalized spacial score (nSPS) is 33.6. The van der Waals surface area contributed by atoms with Gasteiger partial charge in [0.15, 0.2) is 0 Å². The summed E-state index contributed by atoms with van der Waals surface area (Å²) in [5.74, 6) is 1.85. The smallest absolute Gasteiger partial charge is 0.0430 e. The van der Waals surface area contributed by atoms with Crippen LogP contribution in [0.15, 0.2) is 18.5 Å². The molecular weight excluding hydrogens is 208 g/mol. The van der Waals surface area contributed by atoms with Crippen LogP contribution in [0, 0.1) is 18.8 Å². The van der Waals surface area contributed by atoms with Crippen LogP contribution in [0.25, 0.3) is 0 Å². The molecule has 1 aromatic heterocycles. The number of nitrogens with two attached hydrogens (primary N) is 1. The molecule has 0 radical (unpaired) electrons. The molecule has 2 aliphatic carbocycles. The van der Waals surface area contributed by atoms with Crippen LogP contribution in [0.5, 0.6) is 0 Å². The maximum absolute atomic E-state index is 6.70. The Morgan fingerprint density at radius 1 is 1.29 bits per heavy atom. The van der Waals surface area contributed by atoms with Crippen LogP contribution in [-0.2, 0) is 5.54 Å². The monoisotopic (exact) mass is 230 g/mol. The Balaban J connectivity index is 1.86. The topological polar surface area (TPSA) is 38.9 Å². The number of aromatic nitrogens is 1. The minimum absolute atomic E-state index is 0.107. The first-order valence-corrected chi connectivity index (χ1v) is 6.89. The number of pyridine rings is 1.